The van der Waals surface area contributed by atoms with E-state index in [1.165, 1.54) is 0 Å². The van der Waals surface area contributed by atoms with E-state index in [1.54, 1.807) is 6.08 Å². The second-order valence-electron chi connectivity index (χ2n) is 2.50. The van der Waals surface area contributed by atoms with Crippen molar-refractivity contribution in [2.45, 2.75) is 31.5 Å². The highest BCUT2D eigenvalue weighted by atomic mass is 16.3. The molecule has 1 aliphatic carbocycles. The van der Waals surface area contributed by atoms with E-state index in [0.29, 0.717) is 12.8 Å². The lowest BCUT2D eigenvalue weighted by Gasteiger charge is -2.22. The van der Waals surface area contributed by atoms with Crippen molar-refractivity contribution in [3.8, 4) is 0 Å². The second-order valence-corrected chi connectivity index (χ2v) is 2.50. The summed E-state index contributed by atoms with van der Waals surface area (Å²) in [6.07, 6.45) is 4.09. The summed E-state index contributed by atoms with van der Waals surface area (Å²) in [4.78, 5) is 0. The zero-order valence-electron chi connectivity index (χ0n) is 5.54. The van der Waals surface area contributed by atoms with Gasteiger partial charge in [0.1, 0.15) is 5.60 Å². The van der Waals surface area contributed by atoms with Crippen molar-refractivity contribution in [2.75, 3.05) is 0 Å². The summed E-state index contributed by atoms with van der Waals surface area (Å²) in [6.45, 7) is 1.86. The van der Waals surface area contributed by atoms with Crippen molar-refractivity contribution in [3.63, 3.8) is 0 Å². The Morgan fingerprint density at radius 3 is 2.67 bits per heavy atom. The van der Waals surface area contributed by atoms with Crippen LogP contribution in [0.5, 0.6) is 0 Å². The molecule has 0 aromatic heterocycles. The molecule has 2 unspecified atom stereocenters. The summed E-state index contributed by atoms with van der Waals surface area (Å²) in [5.41, 5.74) is -0.931. The topological polar surface area (TPSA) is 40.5 Å². The van der Waals surface area contributed by atoms with Gasteiger partial charge in [-0.05, 0) is 12.8 Å². The molecular weight excluding hydrogens is 116 g/mol. The molecule has 1 aliphatic rings. The molecule has 0 bridgehead atoms. The van der Waals surface area contributed by atoms with Crippen LogP contribution in [0.4, 0.5) is 0 Å². The van der Waals surface area contributed by atoms with Crippen LogP contribution >= 0.6 is 0 Å². The standard InChI is InChI=1S/C7H12O2/c1-2-7(9)5-3-4-6(7)8/h3,5-6,8-9H,2,4H2,1H3. The predicted octanol–water partition coefficient (Wildman–Crippen LogP) is 0.448. The molecule has 0 fully saturated rings. The van der Waals surface area contributed by atoms with Gasteiger partial charge in [0.25, 0.3) is 0 Å². The summed E-state index contributed by atoms with van der Waals surface area (Å²) in [5.74, 6) is 0. The van der Waals surface area contributed by atoms with Crippen LogP contribution in [0.15, 0.2) is 12.2 Å². The van der Waals surface area contributed by atoms with Crippen LogP contribution in [0.3, 0.4) is 0 Å². The second kappa shape index (κ2) is 2.12. The van der Waals surface area contributed by atoms with Crippen LogP contribution in [0.25, 0.3) is 0 Å². The van der Waals surface area contributed by atoms with E-state index >= 15 is 0 Å². The lowest BCUT2D eigenvalue weighted by molar-refractivity contribution is -0.0299. The van der Waals surface area contributed by atoms with Gasteiger partial charge in [-0.1, -0.05) is 19.1 Å². The molecule has 0 aromatic carbocycles. The lowest BCUT2D eigenvalue weighted by Crippen LogP contribution is -2.35. The van der Waals surface area contributed by atoms with Gasteiger partial charge < -0.3 is 10.2 Å². The number of hydrogen-bond acceptors (Lipinski definition) is 2. The Hall–Kier alpha value is -0.340. The molecule has 0 saturated heterocycles. The quantitative estimate of drug-likeness (QED) is 0.503. The first-order chi connectivity index (χ1) is 4.19. The zero-order chi connectivity index (χ0) is 6.91. The summed E-state index contributed by atoms with van der Waals surface area (Å²) in [5, 5.41) is 18.6. The van der Waals surface area contributed by atoms with Crippen molar-refractivity contribution < 1.29 is 10.2 Å². The Bertz CT molecular complexity index is 131. The molecule has 0 aliphatic heterocycles. The molecule has 0 spiro atoms. The largest absolute Gasteiger partial charge is 0.389 e. The van der Waals surface area contributed by atoms with Gasteiger partial charge in [-0.2, -0.15) is 0 Å². The van der Waals surface area contributed by atoms with Crippen LogP contribution < -0.4 is 0 Å². The number of aliphatic hydroxyl groups is 2. The molecule has 0 aromatic rings. The summed E-state index contributed by atoms with van der Waals surface area (Å²) < 4.78 is 0. The van der Waals surface area contributed by atoms with Crippen molar-refractivity contribution in [3.05, 3.63) is 12.2 Å². The van der Waals surface area contributed by atoms with Crippen molar-refractivity contribution >= 4 is 0 Å². The van der Waals surface area contributed by atoms with E-state index in [1.807, 2.05) is 13.0 Å². The van der Waals surface area contributed by atoms with Gasteiger partial charge in [-0.25, -0.2) is 0 Å². The van der Waals surface area contributed by atoms with E-state index in [4.69, 9.17) is 5.11 Å². The fraction of sp³-hybridized carbons (Fsp3) is 0.714. The molecule has 2 nitrogen and oxygen atoms in total. The van der Waals surface area contributed by atoms with Crippen molar-refractivity contribution in [2.24, 2.45) is 0 Å². The minimum atomic E-state index is -0.931. The molecule has 2 N–H and O–H groups in total. The van der Waals surface area contributed by atoms with E-state index < -0.39 is 11.7 Å². The molecule has 0 radical (unpaired) electrons. The summed E-state index contributed by atoms with van der Waals surface area (Å²) in [6, 6.07) is 0. The molecule has 0 saturated carbocycles. The van der Waals surface area contributed by atoms with Crippen LogP contribution in [0.1, 0.15) is 19.8 Å². The Kier molecular flexibility index (Phi) is 1.60. The van der Waals surface area contributed by atoms with E-state index in [-0.39, 0.29) is 0 Å². The normalized spacial score (nSPS) is 41.9. The van der Waals surface area contributed by atoms with Crippen molar-refractivity contribution in [1.82, 2.24) is 0 Å². The number of aliphatic hydroxyl groups excluding tert-OH is 1. The van der Waals surface area contributed by atoms with E-state index in [0.717, 1.165) is 0 Å². The van der Waals surface area contributed by atoms with Crippen molar-refractivity contribution in [1.29, 1.82) is 0 Å². The highest BCUT2D eigenvalue weighted by Crippen LogP contribution is 2.25. The Labute approximate surface area is 54.8 Å². The third-order valence-electron chi connectivity index (χ3n) is 1.91. The minimum absolute atomic E-state index is 0.581. The fourth-order valence-corrected chi connectivity index (χ4v) is 1.07. The molecule has 52 valence electrons. The SMILES string of the molecule is CCC1(O)C=CCC1O. The predicted molar refractivity (Wildman–Crippen MR) is 35.0 cm³/mol. The van der Waals surface area contributed by atoms with Crippen LogP contribution in [0, 0.1) is 0 Å². The molecule has 2 atom stereocenters. The zero-order valence-corrected chi connectivity index (χ0v) is 5.54. The van der Waals surface area contributed by atoms with Gasteiger partial charge in [0, 0.05) is 0 Å². The van der Waals surface area contributed by atoms with Gasteiger partial charge in [-0.15, -0.1) is 0 Å². The molecule has 1 rings (SSSR count). The highest BCUT2D eigenvalue weighted by Gasteiger charge is 2.33. The highest BCUT2D eigenvalue weighted by molar-refractivity contribution is 5.12. The van der Waals surface area contributed by atoms with E-state index in [2.05, 4.69) is 0 Å². The Morgan fingerprint density at radius 1 is 1.78 bits per heavy atom. The maximum absolute atomic E-state index is 9.43. The Balaban J connectivity index is 2.66. The van der Waals surface area contributed by atoms with Crippen LogP contribution in [-0.4, -0.2) is 21.9 Å². The third kappa shape index (κ3) is 1.00. The fourth-order valence-electron chi connectivity index (χ4n) is 1.07. The third-order valence-corrected chi connectivity index (χ3v) is 1.91. The molecule has 0 heterocycles. The lowest BCUT2D eigenvalue weighted by atomic mass is 9.98. The average Bonchev–Trinajstić information content (AvgIpc) is 2.15. The smallest absolute Gasteiger partial charge is 0.109 e. The summed E-state index contributed by atoms with van der Waals surface area (Å²) in [7, 11) is 0. The summed E-state index contributed by atoms with van der Waals surface area (Å²) >= 11 is 0. The molecule has 0 amide bonds. The first-order valence-corrected chi connectivity index (χ1v) is 3.27. The maximum Gasteiger partial charge on any atom is 0.109 e. The monoisotopic (exact) mass is 128 g/mol. The van der Waals surface area contributed by atoms with Gasteiger partial charge >= 0.3 is 0 Å². The maximum atomic E-state index is 9.43. The van der Waals surface area contributed by atoms with E-state index in [9.17, 15) is 5.11 Å². The van der Waals surface area contributed by atoms with Crippen LogP contribution in [0.2, 0.25) is 0 Å². The van der Waals surface area contributed by atoms with Gasteiger partial charge in [0.05, 0.1) is 6.10 Å². The molecule has 9 heavy (non-hydrogen) atoms. The first kappa shape index (κ1) is 6.78. The number of rotatable bonds is 1. The molecular formula is C7H12O2. The first-order valence-electron chi connectivity index (χ1n) is 3.27. The number of hydrogen-bond donors (Lipinski definition) is 2. The van der Waals surface area contributed by atoms with Crippen LogP contribution in [-0.2, 0) is 0 Å². The molecule has 2 heteroatoms. The van der Waals surface area contributed by atoms with Gasteiger partial charge in [0.2, 0.25) is 0 Å². The Morgan fingerprint density at radius 2 is 2.44 bits per heavy atom. The minimum Gasteiger partial charge on any atom is -0.389 e. The van der Waals surface area contributed by atoms with Gasteiger partial charge in [-0.3, -0.25) is 0 Å². The average molecular weight is 128 g/mol. The van der Waals surface area contributed by atoms with Gasteiger partial charge in [0.15, 0.2) is 0 Å².